The minimum atomic E-state index is -4.36. The normalized spacial score (nSPS) is 11.6. The Morgan fingerprint density at radius 3 is 1.57 bits per heavy atom. The fourth-order valence-electron chi connectivity index (χ4n) is 4.41. The number of benzene rings is 5. The summed E-state index contributed by atoms with van der Waals surface area (Å²) in [6.07, 6.45) is -4.36. The van der Waals surface area contributed by atoms with Gasteiger partial charge in [0.2, 0.25) is 5.89 Å². The molecule has 1 heterocycles. The van der Waals surface area contributed by atoms with E-state index in [1.807, 2.05) is 84.9 Å². The van der Waals surface area contributed by atoms with E-state index in [1.54, 1.807) is 6.07 Å². The highest BCUT2D eigenvalue weighted by molar-refractivity contribution is 5.78. The molecule has 0 amide bonds. The van der Waals surface area contributed by atoms with Gasteiger partial charge in [0.25, 0.3) is 0 Å². The number of hydrogen-bond acceptors (Lipinski definition) is 2. The van der Waals surface area contributed by atoms with Crippen LogP contribution in [0.2, 0.25) is 0 Å². The quantitative estimate of drug-likeness (QED) is 0.245. The molecule has 5 aromatic carbocycles. The largest absolute Gasteiger partial charge is 0.436 e. The van der Waals surface area contributed by atoms with Gasteiger partial charge in [-0.3, -0.25) is 0 Å². The van der Waals surface area contributed by atoms with Crippen molar-refractivity contribution in [1.82, 2.24) is 4.98 Å². The molecule has 5 heteroatoms. The van der Waals surface area contributed by atoms with E-state index in [1.165, 1.54) is 12.1 Å². The van der Waals surface area contributed by atoms with Crippen LogP contribution in [-0.2, 0) is 6.18 Å². The lowest BCUT2D eigenvalue weighted by Gasteiger charge is -2.10. The van der Waals surface area contributed by atoms with E-state index in [4.69, 9.17) is 4.42 Å². The number of rotatable bonds is 4. The lowest BCUT2D eigenvalue weighted by molar-refractivity contribution is -0.137. The molecule has 0 aliphatic heterocycles. The molecule has 6 rings (SSSR count). The number of hydrogen-bond donors (Lipinski definition) is 0. The predicted octanol–water partition coefficient (Wildman–Crippen LogP) is 9.51. The van der Waals surface area contributed by atoms with E-state index >= 15 is 0 Å². The van der Waals surface area contributed by atoms with Gasteiger partial charge in [-0.2, -0.15) is 13.2 Å². The van der Waals surface area contributed by atoms with Gasteiger partial charge >= 0.3 is 6.18 Å². The third-order valence-corrected chi connectivity index (χ3v) is 6.36. The van der Waals surface area contributed by atoms with Crippen LogP contribution in [-0.4, -0.2) is 4.98 Å². The van der Waals surface area contributed by atoms with Crippen LogP contribution < -0.4 is 0 Å². The number of aromatic nitrogens is 1. The SMILES string of the molecule is FC(F)(F)c1cccc(-c2ccc(-c3cccc(-c4ccc(-c5nc6ccccc6o5)cc4)c3)cc2)c1. The van der Waals surface area contributed by atoms with Gasteiger partial charge in [-0.15, -0.1) is 0 Å². The summed E-state index contributed by atoms with van der Waals surface area (Å²) >= 11 is 0. The maximum absolute atomic E-state index is 13.1. The van der Waals surface area contributed by atoms with Crippen molar-refractivity contribution in [3.63, 3.8) is 0 Å². The van der Waals surface area contributed by atoms with Gasteiger partial charge < -0.3 is 4.42 Å². The zero-order valence-corrected chi connectivity index (χ0v) is 19.5. The van der Waals surface area contributed by atoms with Gasteiger partial charge in [-0.05, 0) is 75.8 Å². The molecular formula is C32H20F3NO. The van der Waals surface area contributed by atoms with E-state index in [2.05, 4.69) is 17.1 Å². The first-order chi connectivity index (χ1) is 17.9. The fraction of sp³-hybridized carbons (Fsp3) is 0.0312. The standard InChI is InChI=1S/C32H20F3NO/c33-32(34,35)28-8-4-7-27(20-28)23-13-11-21(12-14-23)25-5-3-6-26(19-25)22-15-17-24(18-16-22)31-36-29-9-1-2-10-30(29)37-31/h1-20H. The Morgan fingerprint density at radius 1 is 0.486 bits per heavy atom. The Labute approximate surface area is 211 Å². The number of halogens is 3. The molecule has 0 saturated heterocycles. The molecule has 180 valence electrons. The molecule has 0 N–H and O–H groups in total. The second-order valence-corrected chi connectivity index (χ2v) is 8.80. The number of alkyl halides is 3. The zero-order valence-electron chi connectivity index (χ0n) is 19.5. The molecule has 6 aromatic rings. The third kappa shape index (κ3) is 4.64. The molecular weight excluding hydrogens is 471 g/mol. The minimum Gasteiger partial charge on any atom is -0.436 e. The highest BCUT2D eigenvalue weighted by Crippen LogP contribution is 2.34. The van der Waals surface area contributed by atoms with E-state index in [9.17, 15) is 13.2 Å². The van der Waals surface area contributed by atoms with Crippen LogP contribution in [0.4, 0.5) is 13.2 Å². The topological polar surface area (TPSA) is 26.0 Å². The van der Waals surface area contributed by atoms with Gasteiger partial charge in [0.1, 0.15) is 5.52 Å². The summed E-state index contributed by atoms with van der Waals surface area (Å²) < 4.78 is 45.1. The molecule has 37 heavy (non-hydrogen) atoms. The van der Waals surface area contributed by atoms with Crippen molar-refractivity contribution in [2.75, 3.05) is 0 Å². The van der Waals surface area contributed by atoms with Gasteiger partial charge in [0.15, 0.2) is 5.58 Å². The summed E-state index contributed by atoms with van der Waals surface area (Å²) in [7, 11) is 0. The number of fused-ring (bicyclic) bond motifs is 1. The van der Waals surface area contributed by atoms with E-state index in [0.717, 1.165) is 50.5 Å². The average Bonchev–Trinajstić information content (AvgIpc) is 3.37. The van der Waals surface area contributed by atoms with Crippen molar-refractivity contribution in [2.24, 2.45) is 0 Å². The molecule has 0 aliphatic carbocycles. The Hall–Kier alpha value is -4.64. The van der Waals surface area contributed by atoms with Crippen molar-refractivity contribution in [2.45, 2.75) is 6.18 Å². The smallest absolute Gasteiger partial charge is 0.416 e. The van der Waals surface area contributed by atoms with Crippen molar-refractivity contribution < 1.29 is 17.6 Å². The summed E-state index contributed by atoms with van der Waals surface area (Å²) in [5.74, 6) is 0.586. The van der Waals surface area contributed by atoms with Gasteiger partial charge in [0, 0.05) is 5.56 Å². The van der Waals surface area contributed by atoms with Gasteiger partial charge in [-0.1, -0.05) is 78.9 Å². The summed E-state index contributed by atoms with van der Waals surface area (Å²) in [5, 5.41) is 0. The molecule has 0 saturated carbocycles. The summed E-state index contributed by atoms with van der Waals surface area (Å²) in [5.41, 5.74) is 7.24. The maximum Gasteiger partial charge on any atom is 0.416 e. The summed E-state index contributed by atoms with van der Waals surface area (Å²) in [4.78, 5) is 4.56. The van der Waals surface area contributed by atoms with Gasteiger partial charge in [0.05, 0.1) is 5.56 Å². The molecule has 0 aliphatic rings. The van der Waals surface area contributed by atoms with Crippen LogP contribution in [0.15, 0.2) is 126 Å². The fourth-order valence-corrected chi connectivity index (χ4v) is 4.41. The second-order valence-electron chi connectivity index (χ2n) is 8.80. The molecule has 0 atom stereocenters. The van der Waals surface area contributed by atoms with Gasteiger partial charge in [-0.25, -0.2) is 4.98 Å². The lowest BCUT2D eigenvalue weighted by atomic mass is 9.96. The first-order valence-electron chi connectivity index (χ1n) is 11.8. The second kappa shape index (κ2) is 9.10. The molecule has 1 aromatic heterocycles. The lowest BCUT2D eigenvalue weighted by Crippen LogP contribution is -2.04. The number of oxazole rings is 1. The molecule has 0 fully saturated rings. The highest BCUT2D eigenvalue weighted by Gasteiger charge is 2.30. The number of para-hydroxylation sites is 2. The predicted molar refractivity (Wildman–Crippen MR) is 141 cm³/mol. The first-order valence-corrected chi connectivity index (χ1v) is 11.8. The zero-order chi connectivity index (χ0) is 25.4. The minimum absolute atomic E-state index is 0.536. The van der Waals surface area contributed by atoms with Crippen LogP contribution in [0.5, 0.6) is 0 Å². The van der Waals surface area contributed by atoms with E-state index in [-0.39, 0.29) is 0 Å². The molecule has 0 bridgehead atoms. The van der Waals surface area contributed by atoms with Crippen LogP contribution >= 0.6 is 0 Å². The highest BCUT2D eigenvalue weighted by atomic mass is 19.4. The molecule has 0 unspecified atom stereocenters. The van der Waals surface area contributed by atoms with Crippen LogP contribution in [0.25, 0.3) is 55.9 Å². The Morgan fingerprint density at radius 2 is 1.00 bits per heavy atom. The Kier molecular flexibility index (Phi) is 5.61. The van der Waals surface area contributed by atoms with E-state index < -0.39 is 11.7 Å². The van der Waals surface area contributed by atoms with E-state index in [0.29, 0.717) is 11.5 Å². The molecule has 2 nitrogen and oxygen atoms in total. The monoisotopic (exact) mass is 491 g/mol. The van der Waals surface area contributed by atoms with Crippen molar-refractivity contribution in [1.29, 1.82) is 0 Å². The van der Waals surface area contributed by atoms with Crippen LogP contribution in [0.3, 0.4) is 0 Å². The third-order valence-electron chi connectivity index (χ3n) is 6.36. The van der Waals surface area contributed by atoms with Crippen LogP contribution in [0.1, 0.15) is 5.56 Å². The molecule has 0 spiro atoms. The van der Waals surface area contributed by atoms with Crippen molar-refractivity contribution in [3.8, 4) is 44.8 Å². The van der Waals surface area contributed by atoms with Crippen molar-refractivity contribution >= 4 is 11.1 Å². The van der Waals surface area contributed by atoms with Crippen LogP contribution in [0, 0.1) is 0 Å². The summed E-state index contributed by atoms with van der Waals surface area (Å²) in [6, 6.07) is 36.9. The Bertz CT molecular complexity index is 1660. The average molecular weight is 492 g/mol. The number of nitrogens with zero attached hydrogens (tertiary/aromatic N) is 1. The first kappa shape index (κ1) is 22.8. The maximum atomic E-state index is 13.1. The Balaban J connectivity index is 1.25. The molecule has 0 radical (unpaired) electrons. The summed E-state index contributed by atoms with van der Waals surface area (Å²) in [6.45, 7) is 0. The van der Waals surface area contributed by atoms with Crippen molar-refractivity contribution in [3.05, 3.63) is 127 Å².